The van der Waals surface area contributed by atoms with Crippen molar-refractivity contribution < 1.29 is 14.5 Å². The van der Waals surface area contributed by atoms with Crippen LogP contribution in [0.5, 0.6) is 5.75 Å². The SMILES string of the molecule is Cc1ccc(OCc2nnc(C(=O)NCc3ccccc3)s2)c([N+](=O)[O-])c1. The number of nitro benzene ring substituents is 1. The van der Waals surface area contributed by atoms with Gasteiger partial charge in [-0.2, -0.15) is 0 Å². The minimum atomic E-state index is -0.495. The predicted molar refractivity (Wildman–Crippen MR) is 99.7 cm³/mol. The van der Waals surface area contributed by atoms with E-state index in [4.69, 9.17) is 4.74 Å². The number of carbonyl (C=O) groups excluding carboxylic acids is 1. The first-order valence-corrected chi connectivity index (χ1v) is 8.87. The first-order valence-electron chi connectivity index (χ1n) is 8.05. The summed E-state index contributed by atoms with van der Waals surface area (Å²) in [6.07, 6.45) is 0. The molecule has 0 aliphatic heterocycles. The summed E-state index contributed by atoms with van der Waals surface area (Å²) in [5.41, 5.74) is 1.63. The Morgan fingerprint density at radius 1 is 1.22 bits per heavy atom. The number of nitrogens with zero attached hydrogens (tertiary/aromatic N) is 3. The maximum Gasteiger partial charge on any atom is 0.311 e. The van der Waals surface area contributed by atoms with Gasteiger partial charge in [0.15, 0.2) is 10.8 Å². The molecule has 27 heavy (non-hydrogen) atoms. The number of aryl methyl sites for hydroxylation is 1. The lowest BCUT2D eigenvalue weighted by Crippen LogP contribution is -2.22. The van der Waals surface area contributed by atoms with Crippen molar-refractivity contribution >= 4 is 22.9 Å². The summed E-state index contributed by atoms with van der Waals surface area (Å²) in [4.78, 5) is 22.8. The van der Waals surface area contributed by atoms with Gasteiger partial charge in [0.2, 0.25) is 5.01 Å². The molecule has 2 aromatic carbocycles. The molecule has 8 nitrogen and oxygen atoms in total. The zero-order chi connectivity index (χ0) is 19.2. The smallest absolute Gasteiger partial charge is 0.311 e. The summed E-state index contributed by atoms with van der Waals surface area (Å²) in [6, 6.07) is 14.2. The molecular weight excluding hydrogens is 368 g/mol. The summed E-state index contributed by atoms with van der Waals surface area (Å²) in [6.45, 7) is 2.15. The van der Waals surface area contributed by atoms with Crippen LogP contribution in [0.2, 0.25) is 0 Å². The number of aromatic nitrogens is 2. The van der Waals surface area contributed by atoms with Crippen molar-refractivity contribution in [1.82, 2.24) is 15.5 Å². The van der Waals surface area contributed by atoms with Crippen LogP contribution < -0.4 is 10.1 Å². The average Bonchev–Trinajstić information content (AvgIpc) is 3.15. The van der Waals surface area contributed by atoms with Crippen molar-refractivity contribution in [3.63, 3.8) is 0 Å². The fourth-order valence-electron chi connectivity index (χ4n) is 2.29. The third-order valence-electron chi connectivity index (χ3n) is 3.62. The van der Waals surface area contributed by atoms with Crippen molar-refractivity contribution in [3.8, 4) is 5.75 Å². The third-order valence-corrected chi connectivity index (χ3v) is 4.51. The molecule has 3 rings (SSSR count). The monoisotopic (exact) mass is 384 g/mol. The van der Waals surface area contributed by atoms with E-state index in [1.807, 2.05) is 30.3 Å². The number of carbonyl (C=O) groups is 1. The molecule has 9 heteroatoms. The topological polar surface area (TPSA) is 107 Å². The Hall–Kier alpha value is -3.33. The predicted octanol–water partition coefficient (Wildman–Crippen LogP) is 3.26. The number of benzene rings is 2. The molecule has 0 aliphatic rings. The van der Waals surface area contributed by atoms with E-state index in [9.17, 15) is 14.9 Å². The molecule has 1 aromatic heterocycles. The molecule has 0 atom stereocenters. The van der Waals surface area contributed by atoms with Crippen molar-refractivity contribution in [1.29, 1.82) is 0 Å². The highest BCUT2D eigenvalue weighted by Crippen LogP contribution is 2.28. The van der Waals surface area contributed by atoms with Gasteiger partial charge in [0.1, 0.15) is 6.61 Å². The van der Waals surface area contributed by atoms with Crippen LogP contribution in [-0.4, -0.2) is 21.0 Å². The fourth-order valence-corrected chi connectivity index (χ4v) is 2.96. The van der Waals surface area contributed by atoms with Crippen LogP contribution in [0.25, 0.3) is 0 Å². The Balaban J connectivity index is 1.60. The average molecular weight is 384 g/mol. The Morgan fingerprint density at radius 2 is 2.00 bits per heavy atom. The standard InChI is InChI=1S/C18H16N4O4S/c1-12-7-8-15(14(9-12)22(24)25)26-11-16-20-21-18(27-16)17(23)19-10-13-5-3-2-4-6-13/h2-9H,10-11H2,1H3,(H,19,23). The largest absolute Gasteiger partial charge is 0.479 e. The molecule has 0 fully saturated rings. The fraction of sp³-hybridized carbons (Fsp3) is 0.167. The molecular formula is C18H16N4O4S. The van der Waals surface area contributed by atoms with E-state index in [0.717, 1.165) is 22.5 Å². The zero-order valence-corrected chi connectivity index (χ0v) is 15.2. The summed E-state index contributed by atoms with van der Waals surface area (Å²) >= 11 is 1.08. The molecule has 138 valence electrons. The van der Waals surface area contributed by atoms with Gasteiger partial charge in [-0.1, -0.05) is 47.7 Å². The van der Waals surface area contributed by atoms with Gasteiger partial charge in [-0.25, -0.2) is 0 Å². The number of nitro groups is 1. The number of nitrogens with one attached hydrogen (secondary N) is 1. The molecule has 0 radical (unpaired) electrons. The Bertz CT molecular complexity index is 959. The minimum absolute atomic E-state index is 0.00642. The van der Waals surface area contributed by atoms with Gasteiger partial charge < -0.3 is 10.1 Å². The molecule has 1 amide bonds. The van der Waals surface area contributed by atoms with Crippen LogP contribution in [-0.2, 0) is 13.2 Å². The molecule has 3 aromatic rings. The summed E-state index contributed by atoms with van der Waals surface area (Å²) < 4.78 is 5.50. The molecule has 1 N–H and O–H groups in total. The molecule has 0 unspecified atom stereocenters. The van der Waals surface area contributed by atoms with E-state index in [0.29, 0.717) is 11.6 Å². The van der Waals surface area contributed by atoms with E-state index >= 15 is 0 Å². The van der Waals surface area contributed by atoms with E-state index in [1.165, 1.54) is 6.07 Å². The van der Waals surface area contributed by atoms with Crippen molar-refractivity contribution in [2.45, 2.75) is 20.1 Å². The number of amides is 1. The van der Waals surface area contributed by atoms with Gasteiger partial charge in [0, 0.05) is 12.6 Å². The second-order valence-corrected chi connectivity index (χ2v) is 6.75. The summed E-state index contributed by atoms with van der Waals surface area (Å²) in [7, 11) is 0. The number of hydrogen-bond acceptors (Lipinski definition) is 7. The van der Waals surface area contributed by atoms with Gasteiger partial charge >= 0.3 is 5.69 Å². The third kappa shape index (κ3) is 4.85. The first-order chi connectivity index (χ1) is 13.0. The maximum absolute atomic E-state index is 12.2. The molecule has 0 aliphatic carbocycles. The van der Waals surface area contributed by atoms with Crippen molar-refractivity contribution in [2.75, 3.05) is 0 Å². The lowest BCUT2D eigenvalue weighted by Gasteiger charge is -2.05. The van der Waals surface area contributed by atoms with Crippen LogP contribution in [0.4, 0.5) is 5.69 Å². The number of hydrogen-bond donors (Lipinski definition) is 1. The van der Waals surface area contributed by atoms with E-state index < -0.39 is 4.92 Å². The molecule has 1 heterocycles. The normalized spacial score (nSPS) is 10.4. The molecule has 0 bridgehead atoms. The van der Waals surface area contributed by atoms with Crippen LogP contribution >= 0.6 is 11.3 Å². The lowest BCUT2D eigenvalue weighted by atomic mass is 10.2. The second kappa shape index (κ2) is 8.37. The van der Waals surface area contributed by atoms with Crippen LogP contribution in [0, 0.1) is 17.0 Å². The Labute approximate surface area is 159 Å². The Morgan fingerprint density at radius 3 is 2.74 bits per heavy atom. The van der Waals surface area contributed by atoms with E-state index in [2.05, 4.69) is 15.5 Å². The van der Waals surface area contributed by atoms with Crippen molar-refractivity contribution in [3.05, 3.63) is 79.8 Å². The quantitative estimate of drug-likeness (QED) is 0.495. The van der Waals surface area contributed by atoms with Gasteiger partial charge in [-0.15, -0.1) is 10.2 Å². The summed E-state index contributed by atoms with van der Waals surface area (Å²) in [5.74, 6) is -0.181. The molecule has 0 saturated heterocycles. The zero-order valence-electron chi connectivity index (χ0n) is 14.4. The minimum Gasteiger partial charge on any atom is -0.479 e. The first kappa shape index (κ1) is 18.5. The van der Waals surface area contributed by atoms with Gasteiger partial charge in [-0.3, -0.25) is 14.9 Å². The molecule has 0 spiro atoms. The van der Waals surface area contributed by atoms with E-state index in [1.54, 1.807) is 19.1 Å². The second-order valence-electron chi connectivity index (χ2n) is 5.69. The number of rotatable bonds is 7. The highest BCUT2D eigenvalue weighted by atomic mass is 32.1. The van der Waals surface area contributed by atoms with Crippen molar-refractivity contribution in [2.24, 2.45) is 0 Å². The Kier molecular flexibility index (Phi) is 5.72. The lowest BCUT2D eigenvalue weighted by molar-refractivity contribution is -0.386. The molecule has 0 saturated carbocycles. The van der Waals surface area contributed by atoms with Crippen LogP contribution in [0.1, 0.15) is 25.9 Å². The van der Waals surface area contributed by atoms with Crippen LogP contribution in [0.15, 0.2) is 48.5 Å². The summed E-state index contributed by atoms with van der Waals surface area (Å²) in [5, 5.41) is 22.3. The van der Waals surface area contributed by atoms with Gasteiger partial charge in [0.25, 0.3) is 5.91 Å². The van der Waals surface area contributed by atoms with Crippen LogP contribution in [0.3, 0.4) is 0 Å². The van der Waals surface area contributed by atoms with Gasteiger partial charge in [-0.05, 0) is 24.1 Å². The number of ether oxygens (including phenoxy) is 1. The van der Waals surface area contributed by atoms with E-state index in [-0.39, 0.29) is 29.0 Å². The van der Waals surface area contributed by atoms with Gasteiger partial charge in [0.05, 0.1) is 4.92 Å². The highest BCUT2D eigenvalue weighted by molar-refractivity contribution is 7.13. The highest BCUT2D eigenvalue weighted by Gasteiger charge is 2.17. The maximum atomic E-state index is 12.2.